The highest BCUT2D eigenvalue weighted by Gasteiger charge is 2.30. The van der Waals surface area contributed by atoms with Crippen LogP contribution in [-0.4, -0.2) is 18.1 Å². The quantitative estimate of drug-likeness (QED) is 0.802. The predicted octanol–water partition coefficient (Wildman–Crippen LogP) is 3.58. The van der Waals surface area contributed by atoms with Crippen LogP contribution in [0.1, 0.15) is 49.7 Å². The third-order valence-corrected chi connectivity index (χ3v) is 3.01. The van der Waals surface area contributed by atoms with Crippen molar-refractivity contribution in [2.24, 2.45) is 0 Å². The van der Waals surface area contributed by atoms with E-state index in [1.165, 1.54) is 7.11 Å². The van der Waals surface area contributed by atoms with Gasteiger partial charge in [0.2, 0.25) is 11.7 Å². The Balaban J connectivity index is 2.58. The van der Waals surface area contributed by atoms with Crippen molar-refractivity contribution in [1.29, 1.82) is 0 Å². The van der Waals surface area contributed by atoms with Crippen LogP contribution in [0, 0.1) is 0 Å². The SMILES string of the molecule is CCc1occc1-c1nc(C(C)(C)C)c(C(=O)OC)o1. The summed E-state index contributed by atoms with van der Waals surface area (Å²) in [5.41, 5.74) is 1.04. The normalized spacial score (nSPS) is 11.7. The van der Waals surface area contributed by atoms with E-state index < -0.39 is 5.97 Å². The van der Waals surface area contributed by atoms with E-state index in [-0.39, 0.29) is 11.2 Å². The van der Waals surface area contributed by atoms with Crippen LogP contribution in [0.25, 0.3) is 11.5 Å². The Labute approximate surface area is 117 Å². The lowest BCUT2D eigenvalue weighted by Gasteiger charge is -2.15. The van der Waals surface area contributed by atoms with Crippen molar-refractivity contribution >= 4 is 5.97 Å². The summed E-state index contributed by atoms with van der Waals surface area (Å²) in [6.45, 7) is 7.89. The molecule has 0 aliphatic rings. The number of oxazole rings is 1. The monoisotopic (exact) mass is 277 g/mol. The zero-order chi connectivity index (χ0) is 14.9. The number of rotatable bonds is 3. The van der Waals surface area contributed by atoms with Gasteiger partial charge in [-0.3, -0.25) is 0 Å². The van der Waals surface area contributed by atoms with Gasteiger partial charge in [-0.15, -0.1) is 0 Å². The van der Waals surface area contributed by atoms with Crippen molar-refractivity contribution in [3.05, 3.63) is 29.5 Å². The predicted molar refractivity (Wildman–Crippen MR) is 73.6 cm³/mol. The molecule has 0 saturated carbocycles. The van der Waals surface area contributed by atoms with Crippen LogP contribution in [0.2, 0.25) is 0 Å². The van der Waals surface area contributed by atoms with E-state index in [2.05, 4.69) is 4.98 Å². The van der Waals surface area contributed by atoms with E-state index in [4.69, 9.17) is 13.6 Å². The van der Waals surface area contributed by atoms with Crippen molar-refractivity contribution < 1.29 is 18.4 Å². The number of ether oxygens (including phenoxy) is 1. The highest BCUT2D eigenvalue weighted by atomic mass is 16.5. The van der Waals surface area contributed by atoms with Crippen LogP contribution in [-0.2, 0) is 16.6 Å². The van der Waals surface area contributed by atoms with E-state index in [1.807, 2.05) is 27.7 Å². The summed E-state index contributed by atoms with van der Waals surface area (Å²) in [5.74, 6) is 0.803. The minimum Gasteiger partial charge on any atom is -0.469 e. The number of carbonyl (C=O) groups is 1. The molecule has 0 saturated heterocycles. The molecule has 0 unspecified atom stereocenters. The molecule has 2 aromatic rings. The molecule has 0 amide bonds. The highest BCUT2D eigenvalue weighted by molar-refractivity contribution is 5.88. The highest BCUT2D eigenvalue weighted by Crippen LogP contribution is 2.32. The van der Waals surface area contributed by atoms with Gasteiger partial charge >= 0.3 is 5.97 Å². The van der Waals surface area contributed by atoms with Gasteiger partial charge in [0.05, 0.1) is 18.9 Å². The molecule has 0 aliphatic heterocycles. The molecular formula is C15H19NO4. The standard InChI is InChI=1S/C15H19NO4/c1-6-10-9(7-8-19-10)13-16-12(15(2,3)4)11(20-13)14(17)18-5/h7-8H,6H2,1-5H3. The molecule has 5 heteroatoms. The number of methoxy groups -OCH3 is 1. The molecule has 108 valence electrons. The van der Waals surface area contributed by atoms with Gasteiger partial charge in [0.25, 0.3) is 0 Å². The van der Waals surface area contributed by atoms with Crippen molar-refractivity contribution in [2.45, 2.75) is 39.5 Å². The maximum absolute atomic E-state index is 11.8. The summed E-state index contributed by atoms with van der Waals surface area (Å²) in [6, 6.07) is 1.79. The molecule has 0 spiro atoms. The summed E-state index contributed by atoms with van der Waals surface area (Å²) in [7, 11) is 1.33. The van der Waals surface area contributed by atoms with Crippen LogP contribution < -0.4 is 0 Å². The number of hydrogen-bond acceptors (Lipinski definition) is 5. The van der Waals surface area contributed by atoms with Crippen molar-refractivity contribution in [1.82, 2.24) is 4.98 Å². The Hall–Kier alpha value is -2.04. The fourth-order valence-corrected chi connectivity index (χ4v) is 1.98. The molecule has 2 rings (SSSR count). The molecule has 0 atom stereocenters. The lowest BCUT2D eigenvalue weighted by molar-refractivity contribution is 0.0562. The molecule has 0 aliphatic carbocycles. The van der Waals surface area contributed by atoms with Gasteiger partial charge in [-0.2, -0.15) is 0 Å². The minimum atomic E-state index is -0.518. The van der Waals surface area contributed by atoms with Gasteiger partial charge < -0.3 is 13.6 Å². The Bertz CT molecular complexity index is 616. The van der Waals surface area contributed by atoms with Gasteiger partial charge in [0.15, 0.2) is 0 Å². The van der Waals surface area contributed by atoms with Crippen LogP contribution in [0.5, 0.6) is 0 Å². The first-order chi connectivity index (χ1) is 9.38. The van der Waals surface area contributed by atoms with Crippen LogP contribution >= 0.6 is 0 Å². The second-order valence-electron chi connectivity index (χ2n) is 5.55. The van der Waals surface area contributed by atoms with Crippen LogP contribution in [0.15, 0.2) is 21.2 Å². The lowest BCUT2D eigenvalue weighted by atomic mass is 9.91. The zero-order valence-electron chi connectivity index (χ0n) is 12.4. The molecule has 20 heavy (non-hydrogen) atoms. The first kappa shape index (κ1) is 14.4. The second-order valence-corrected chi connectivity index (χ2v) is 5.55. The second kappa shape index (κ2) is 5.15. The fraction of sp³-hybridized carbons (Fsp3) is 0.467. The Morgan fingerprint density at radius 2 is 2.10 bits per heavy atom. The van der Waals surface area contributed by atoms with Gasteiger partial charge in [-0.05, 0) is 6.07 Å². The Morgan fingerprint density at radius 1 is 1.40 bits per heavy atom. The average molecular weight is 277 g/mol. The number of aromatic nitrogens is 1. The van der Waals surface area contributed by atoms with E-state index in [9.17, 15) is 4.79 Å². The van der Waals surface area contributed by atoms with Crippen molar-refractivity contribution in [3.63, 3.8) is 0 Å². The topological polar surface area (TPSA) is 65.5 Å². The molecule has 0 aromatic carbocycles. The summed E-state index contributed by atoms with van der Waals surface area (Å²) >= 11 is 0. The van der Waals surface area contributed by atoms with Gasteiger partial charge in [0, 0.05) is 11.8 Å². The van der Waals surface area contributed by atoms with Gasteiger partial charge in [0.1, 0.15) is 11.5 Å². The third kappa shape index (κ3) is 2.48. The van der Waals surface area contributed by atoms with E-state index in [1.54, 1.807) is 12.3 Å². The number of hydrogen-bond donors (Lipinski definition) is 0. The van der Waals surface area contributed by atoms with E-state index in [0.29, 0.717) is 11.6 Å². The fourth-order valence-electron chi connectivity index (χ4n) is 1.98. The number of nitrogens with zero attached hydrogens (tertiary/aromatic N) is 1. The number of esters is 1. The molecule has 0 N–H and O–H groups in total. The first-order valence-corrected chi connectivity index (χ1v) is 6.54. The van der Waals surface area contributed by atoms with Crippen molar-refractivity contribution in [3.8, 4) is 11.5 Å². The Kier molecular flexibility index (Phi) is 3.70. The lowest BCUT2D eigenvalue weighted by Crippen LogP contribution is -2.17. The first-order valence-electron chi connectivity index (χ1n) is 6.54. The smallest absolute Gasteiger partial charge is 0.376 e. The van der Waals surface area contributed by atoms with Crippen LogP contribution in [0.4, 0.5) is 0 Å². The summed E-state index contributed by atoms with van der Waals surface area (Å²) in [5, 5.41) is 0. The van der Waals surface area contributed by atoms with Crippen LogP contribution in [0.3, 0.4) is 0 Å². The van der Waals surface area contributed by atoms with Gasteiger partial charge in [-0.1, -0.05) is 27.7 Å². The summed E-state index contributed by atoms with van der Waals surface area (Å²) in [4.78, 5) is 16.3. The molecule has 2 heterocycles. The van der Waals surface area contributed by atoms with Crippen molar-refractivity contribution in [2.75, 3.05) is 7.11 Å². The largest absolute Gasteiger partial charge is 0.469 e. The number of carbonyl (C=O) groups excluding carboxylic acids is 1. The van der Waals surface area contributed by atoms with Gasteiger partial charge in [-0.25, -0.2) is 9.78 Å². The summed E-state index contributed by atoms with van der Waals surface area (Å²) in [6.07, 6.45) is 2.32. The molecule has 5 nitrogen and oxygen atoms in total. The van der Waals surface area contributed by atoms with E-state index in [0.717, 1.165) is 17.7 Å². The number of furan rings is 1. The summed E-state index contributed by atoms with van der Waals surface area (Å²) < 4.78 is 15.8. The van der Waals surface area contributed by atoms with E-state index >= 15 is 0 Å². The number of aryl methyl sites for hydroxylation is 1. The molecular weight excluding hydrogens is 258 g/mol. The molecule has 2 aromatic heterocycles. The third-order valence-electron chi connectivity index (χ3n) is 3.01. The molecule has 0 bridgehead atoms. The maximum atomic E-state index is 11.8. The molecule has 0 fully saturated rings. The average Bonchev–Trinajstić information content (AvgIpc) is 3.02. The zero-order valence-corrected chi connectivity index (χ0v) is 12.4. The molecule has 0 radical (unpaired) electrons. The Morgan fingerprint density at radius 3 is 2.65 bits per heavy atom. The maximum Gasteiger partial charge on any atom is 0.376 e. The minimum absolute atomic E-state index is 0.151.